The molecule has 0 aliphatic heterocycles. The lowest BCUT2D eigenvalue weighted by atomic mass is 10.1. The minimum absolute atomic E-state index is 0.00586. The van der Waals surface area contributed by atoms with E-state index in [4.69, 9.17) is 0 Å². The van der Waals surface area contributed by atoms with Crippen LogP contribution in [0.2, 0.25) is 0 Å². The van der Waals surface area contributed by atoms with Crippen LogP contribution < -0.4 is 5.32 Å². The van der Waals surface area contributed by atoms with E-state index in [1.807, 2.05) is 53.9 Å². The van der Waals surface area contributed by atoms with Gasteiger partial charge in [0.15, 0.2) is 5.78 Å². The summed E-state index contributed by atoms with van der Waals surface area (Å²) >= 11 is 3.05. The summed E-state index contributed by atoms with van der Waals surface area (Å²) in [6, 6.07) is 19.3. The fraction of sp³-hybridized carbons (Fsp3) is 0.0952. The molecule has 2 aromatic carbocycles. The molecule has 0 aliphatic carbocycles. The van der Waals surface area contributed by atoms with Gasteiger partial charge < -0.3 is 5.32 Å². The average molecular weight is 393 g/mol. The molecule has 0 atom stereocenters. The first-order chi connectivity index (χ1) is 13.2. The molecule has 0 fully saturated rings. The molecular weight excluding hydrogens is 376 g/mol. The van der Waals surface area contributed by atoms with Gasteiger partial charge in [0.05, 0.1) is 15.1 Å². The van der Waals surface area contributed by atoms with Crippen molar-refractivity contribution in [1.82, 2.24) is 4.98 Å². The average Bonchev–Trinajstić information content (AvgIpc) is 3.36. The highest BCUT2D eigenvalue weighted by molar-refractivity contribution is 7.21. The van der Waals surface area contributed by atoms with Gasteiger partial charge in [-0.2, -0.15) is 0 Å². The Morgan fingerprint density at radius 1 is 0.926 bits per heavy atom. The summed E-state index contributed by atoms with van der Waals surface area (Å²) in [6.07, 6.45) is 0.395. The normalized spacial score (nSPS) is 10.8. The number of hydrogen-bond acceptors (Lipinski definition) is 5. The maximum absolute atomic E-state index is 12.1. The van der Waals surface area contributed by atoms with E-state index in [-0.39, 0.29) is 24.5 Å². The first-order valence-electron chi connectivity index (χ1n) is 8.51. The lowest BCUT2D eigenvalue weighted by molar-refractivity contribution is -0.116. The summed E-state index contributed by atoms with van der Waals surface area (Å²) in [4.78, 5) is 29.4. The van der Waals surface area contributed by atoms with Crippen LogP contribution >= 0.6 is 22.7 Å². The van der Waals surface area contributed by atoms with Gasteiger partial charge >= 0.3 is 0 Å². The number of anilines is 1. The molecule has 0 saturated heterocycles. The maximum Gasteiger partial charge on any atom is 0.224 e. The van der Waals surface area contributed by atoms with E-state index in [0.29, 0.717) is 10.6 Å². The second-order valence-corrected chi connectivity index (χ2v) is 7.99. The number of aromatic nitrogens is 1. The predicted molar refractivity (Wildman–Crippen MR) is 112 cm³/mol. The van der Waals surface area contributed by atoms with Gasteiger partial charge in [-0.05, 0) is 47.8 Å². The molecule has 1 amide bonds. The third kappa shape index (κ3) is 4.13. The Bertz CT molecular complexity index is 1050. The number of ketones is 1. The predicted octanol–water partition coefficient (Wildman–Crippen LogP) is 5.63. The van der Waals surface area contributed by atoms with Crippen LogP contribution in [0.1, 0.15) is 22.5 Å². The molecule has 0 saturated carbocycles. The van der Waals surface area contributed by atoms with Crippen LogP contribution in [0.15, 0.2) is 66.0 Å². The smallest absolute Gasteiger partial charge is 0.224 e. The van der Waals surface area contributed by atoms with Gasteiger partial charge in [0.2, 0.25) is 5.91 Å². The minimum atomic E-state index is -0.160. The lowest BCUT2D eigenvalue weighted by Crippen LogP contribution is -2.13. The maximum atomic E-state index is 12.1. The van der Waals surface area contributed by atoms with Crippen molar-refractivity contribution in [3.63, 3.8) is 0 Å². The number of para-hydroxylation sites is 1. The van der Waals surface area contributed by atoms with E-state index in [2.05, 4.69) is 16.4 Å². The molecule has 0 bridgehead atoms. The number of nitrogens with one attached hydrogen (secondary N) is 1. The van der Waals surface area contributed by atoms with Crippen molar-refractivity contribution in [3.05, 3.63) is 70.9 Å². The molecule has 0 aliphatic rings. The number of thiophene rings is 1. The Hall–Kier alpha value is -2.83. The number of nitrogens with zero attached hydrogens (tertiary/aromatic N) is 1. The van der Waals surface area contributed by atoms with E-state index in [0.717, 1.165) is 20.8 Å². The van der Waals surface area contributed by atoms with Crippen molar-refractivity contribution in [2.45, 2.75) is 12.8 Å². The van der Waals surface area contributed by atoms with Crippen molar-refractivity contribution >= 4 is 50.3 Å². The highest BCUT2D eigenvalue weighted by Gasteiger charge is 2.11. The van der Waals surface area contributed by atoms with Gasteiger partial charge in [-0.3, -0.25) is 9.59 Å². The molecule has 4 aromatic rings. The molecular formula is C21H16N2O2S2. The van der Waals surface area contributed by atoms with Crippen molar-refractivity contribution in [2.75, 3.05) is 5.32 Å². The molecule has 27 heavy (non-hydrogen) atoms. The van der Waals surface area contributed by atoms with Crippen LogP contribution in [0.25, 0.3) is 20.8 Å². The van der Waals surface area contributed by atoms with E-state index in [1.165, 1.54) is 11.3 Å². The van der Waals surface area contributed by atoms with Crippen molar-refractivity contribution in [1.29, 1.82) is 0 Å². The molecule has 0 spiro atoms. The quantitative estimate of drug-likeness (QED) is 0.433. The lowest BCUT2D eigenvalue weighted by Gasteiger charge is -2.05. The summed E-state index contributed by atoms with van der Waals surface area (Å²) in [5.41, 5.74) is 2.72. The zero-order valence-corrected chi connectivity index (χ0v) is 16.0. The van der Waals surface area contributed by atoms with E-state index in [1.54, 1.807) is 17.4 Å². The Morgan fingerprint density at radius 3 is 2.48 bits per heavy atom. The summed E-state index contributed by atoms with van der Waals surface area (Å²) in [6.45, 7) is 0. The van der Waals surface area contributed by atoms with Gasteiger partial charge in [0, 0.05) is 24.1 Å². The summed E-state index contributed by atoms with van der Waals surface area (Å²) in [7, 11) is 0. The number of rotatable bonds is 6. The van der Waals surface area contributed by atoms with Crippen LogP contribution in [0.5, 0.6) is 0 Å². The van der Waals surface area contributed by atoms with Gasteiger partial charge in [-0.25, -0.2) is 4.98 Å². The highest BCUT2D eigenvalue weighted by atomic mass is 32.1. The molecule has 134 valence electrons. The number of amides is 1. The number of fused-ring (bicyclic) bond motifs is 1. The first-order valence-corrected chi connectivity index (χ1v) is 10.2. The van der Waals surface area contributed by atoms with Gasteiger partial charge in [0.1, 0.15) is 5.01 Å². The zero-order chi connectivity index (χ0) is 18.6. The first kappa shape index (κ1) is 17.6. The second-order valence-electron chi connectivity index (χ2n) is 6.01. The second kappa shape index (κ2) is 7.82. The van der Waals surface area contributed by atoms with Gasteiger partial charge in [-0.15, -0.1) is 22.7 Å². The Kier molecular flexibility index (Phi) is 5.09. The number of hydrogen-bond donors (Lipinski definition) is 1. The zero-order valence-electron chi connectivity index (χ0n) is 14.3. The number of carbonyl (C=O) groups excluding carboxylic acids is 2. The largest absolute Gasteiger partial charge is 0.326 e. The highest BCUT2D eigenvalue weighted by Crippen LogP contribution is 2.30. The van der Waals surface area contributed by atoms with Gasteiger partial charge in [-0.1, -0.05) is 18.2 Å². The monoisotopic (exact) mass is 392 g/mol. The fourth-order valence-corrected chi connectivity index (χ4v) is 4.37. The Morgan fingerprint density at radius 2 is 1.74 bits per heavy atom. The molecule has 4 nitrogen and oxygen atoms in total. The van der Waals surface area contributed by atoms with Crippen molar-refractivity contribution < 1.29 is 9.59 Å². The molecule has 2 aromatic heterocycles. The van der Waals surface area contributed by atoms with Crippen molar-refractivity contribution in [2.24, 2.45) is 0 Å². The SMILES string of the molecule is O=C(CCC(=O)c1cccs1)Nc1ccc(-c2nc3ccccc3s2)cc1. The molecule has 0 radical (unpaired) electrons. The summed E-state index contributed by atoms with van der Waals surface area (Å²) in [5, 5.41) is 5.66. The van der Waals surface area contributed by atoms with Crippen LogP contribution in [0.3, 0.4) is 0 Å². The topological polar surface area (TPSA) is 59.1 Å². The standard InChI is InChI=1S/C21H16N2O2S2/c24-17(19-6-3-13-26-19)11-12-20(25)22-15-9-7-14(8-10-15)21-23-16-4-1-2-5-18(16)27-21/h1-10,13H,11-12H2,(H,22,25). The number of carbonyl (C=O) groups is 2. The molecule has 2 heterocycles. The third-order valence-electron chi connectivity index (χ3n) is 4.08. The minimum Gasteiger partial charge on any atom is -0.326 e. The fourth-order valence-electron chi connectivity index (χ4n) is 2.70. The number of Topliss-reactive ketones (excluding diaryl/α,β-unsaturated/α-hetero) is 1. The number of benzene rings is 2. The number of thiazole rings is 1. The molecule has 4 rings (SSSR count). The van der Waals surface area contributed by atoms with E-state index in [9.17, 15) is 9.59 Å². The molecule has 1 N–H and O–H groups in total. The summed E-state index contributed by atoms with van der Waals surface area (Å²) in [5.74, 6) is -0.154. The van der Waals surface area contributed by atoms with Crippen LogP contribution in [0, 0.1) is 0 Å². The van der Waals surface area contributed by atoms with Crippen LogP contribution in [-0.2, 0) is 4.79 Å². The van der Waals surface area contributed by atoms with E-state index >= 15 is 0 Å². The van der Waals surface area contributed by atoms with Gasteiger partial charge in [0.25, 0.3) is 0 Å². The van der Waals surface area contributed by atoms with Crippen LogP contribution in [0.4, 0.5) is 5.69 Å². The Labute approximate surface area is 164 Å². The molecule has 6 heteroatoms. The third-order valence-corrected chi connectivity index (χ3v) is 6.08. The van der Waals surface area contributed by atoms with Crippen LogP contribution in [-0.4, -0.2) is 16.7 Å². The van der Waals surface area contributed by atoms with Crippen molar-refractivity contribution in [3.8, 4) is 10.6 Å². The Balaban J connectivity index is 1.37. The summed E-state index contributed by atoms with van der Waals surface area (Å²) < 4.78 is 1.15. The van der Waals surface area contributed by atoms with E-state index < -0.39 is 0 Å². The molecule has 0 unspecified atom stereocenters.